The minimum Gasteiger partial charge on any atom is -0.458 e. The predicted molar refractivity (Wildman–Crippen MR) is 136 cm³/mol. The van der Waals surface area contributed by atoms with Crippen molar-refractivity contribution in [2.75, 3.05) is 7.11 Å². The van der Waals surface area contributed by atoms with Crippen LogP contribution in [0.2, 0.25) is 0 Å². The lowest BCUT2D eigenvalue weighted by molar-refractivity contribution is -0.155. The van der Waals surface area contributed by atoms with Crippen LogP contribution in [0.4, 0.5) is 4.79 Å². The maximum absolute atomic E-state index is 12.5. The molecule has 0 amide bonds. The molecule has 1 aromatic carbocycles. The lowest BCUT2D eigenvalue weighted by atomic mass is 10.1. The largest absolute Gasteiger partial charge is 0.508 e. The molecule has 1 unspecified atom stereocenters. The number of unbranched alkanes of at least 4 members (excludes halogenated alkanes) is 4. The van der Waals surface area contributed by atoms with Crippen molar-refractivity contribution in [3.63, 3.8) is 0 Å². The van der Waals surface area contributed by atoms with Gasteiger partial charge in [-0.15, -0.1) is 0 Å². The van der Waals surface area contributed by atoms with Crippen LogP contribution >= 0.6 is 0 Å². The average molecular weight is 524 g/mol. The molecule has 0 fully saturated rings. The number of hydrogen-bond acceptors (Lipinski definition) is 10. The zero-order chi connectivity index (χ0) is 27.8. The third-order valence-electron chi connectivity index (χ3n) is 5.59. The summed E-state index contributed by atoms with van der Waals surface area (Å²) in [6, 6.07) is 3.66. The summed E-state index contributed by atoms with van der Waals surface area (Å²) < 4.78 is 25.7. The molecule has 0 aliphatic carbocycles. The van der Waals surface area contributed by atoms with Crippen molar-refractivity contribution >= 4 is 24.1 Å². The smallest absolute Gasteiger partial charge is 0.458 e. The number of carbonyl (C=O) groups excluding carboxylic acids is 4. The van der Waals surface area contributed by atoms with Crippen molar-refractivity contribution in [1.29, 1.82) is 0 Å². The van der Waals surface area contributed by atoms with Gasteiger partial charge in [0, 0.05) is 12.8 Å². The summed E-state index contributed by atoms with van der Waals surface area (Å²) in [5, 5.41) is 0. The second-order valence-electron chi connectivity index (χ2n) is 8.87. The Labute approximate surface area is 219 Å². The molecule has 0 radical (unpaired) electrons. The number of carbonyl (C=O) groups is 4. The number of esters is 3. The van der Waals surface area contributed by atoms with Gasteiger partial charge in [-0.3, -0.25) is 14.4 Å². The molecule has 0 aliphatic heterocycles. The lowest BCUT2D eigenvalue weighted by Gasteiger charge is -2.22. The van der Waals surface area contributed by atoms with E-state index in [0.717, 1.165) is 25.7 Å². The fourth-order valence-corrected chi connectivity index (χ4v) is 3.23. The Hall–Kier alpha value is -3.14. The van der Waals surface area contributed by atoms with E-state index < -0.39 is 42.3 Å². The normalized spacial score (nSPS) is 13.1. The number of methoxy groups -OCH3 is 1. The van der Waals surface area contributed by atoms with E-state index in [1.807, 2.05) is 13.8 Å². The standard InChI is InChI=1S/C27H41NO9/c1-6-8-10-12-24(29)36-22-15-14-20(17-23(22)37-25(30)13-11-9-7-2)16-21(28)26(31)34-18(3)19(4)35-27(32)33-5/h14-15,17-19,21H,6-13,16,28H2,1-5H3/t18-,19?,21-/m0/s1. The van der Waals surface area contributed by atoms with E-state index in [-0.39, 0.29) is 30.8 Å². The van der Waals surface area contributed by atoms with Crippen molar-refractivity contribution in [2.24, 2.45) is 5.73 Å². The highest BCUT2D eigenvalue weighted by Gasteiger charge is 2.25. The molecule has 3 atom stereocenters. The minimum atomic E-state index is -1.04. The van der Waals surface area contributed by atoms with Crippen molar-refractivity contribution in [1.82, 2.24) is 0 Å². The van der Waals surface area contributed by atoms with Crippen molar-refractivity contribution in [2.45, 2.75) is 104 Å². The molecule has 1 rings (SSSR count). The topological polar surface area (TPSA) is 140 Å². The van der Waals surface area contributed by atoms with E-state index in [1.165, 1.54) is 19.2 Å². The number of benzene rings is 1. The molecule has 0 bridgehead atoms. The Bertz CT molecular complexity index is 887. The van der Waals surface area contributed by atoms with Crippen LogP contribution in [0.15, 0.2) is 18.2 Å². The third-order valence-corrected chi connectivity index (χ3v) is 5.59. The molecule has 0 heterocycles. The zero-order valence-electron chi connectivity index (χ0n) is 22.6. The van der Waals surface area contributed by atoms with Crippen LogP contribution in [0, 0.1) is 0 Å². The Morgan fingerprint density at radius 2 is 1.35 bits per heavy atom. The van der Waals surface area contributed by atoms with Crippen LogP contribution in [0.5, 0.6) is 11.5 Å². The highest BCUT2D eigenvalue weighted by molar-refractivity contribution is 5.77. The molecule has 2 N–H and O–H groups in total. The summed E-state index contributed by atoms with van der Waals surface area (Å²) in [7, 11) is 1.18. The van der Waals surface area contributed by atoms with E-state index in [0.29, 0.717) is 18.4 Å². The van der Waals surface area contributed by atoms with Gasteiger partial charge in [0.15, 0.2) is 11.5 Å². The van der Waals surface area contributed by atoms with Crippen LogP contribution in [-0.4, -0.2) is 49.4 Å². The molecule has 10 heteroatoms. The molecular formula is C27H41NO9. The maximum atomic E-state index is 12.5. The number of nitrogens with two attached hydrogens (primary N) is 1. The molecule has 0 aliphatic rings. The molecule has 0 spiro atoms. The molecular weight excluding hydrogens is 482 g/mol. The Morgan fingerprint density at radius 3 is 1.89 bits per heavy atom. The molecule has 37 heavy (non-hydrogen) atoms. The second-order valence-corrected chi connectivity index (χ2v) is 8.87. The van der Waals surface area contributed by atoms with Crippen molar-refractivity contribution in [3.05, 3.63) is 23.8 Å². The summed E-state index contributed by atoms with van der Waals surface area (Å²) >= 11 is 0. The van der Waals surface area contributed by atoms with Gasteiger partial charge in [0.2, 0.25) is 0 Å². The van der Waals surface area contributed by atoms with Gasteiger partial charge in [-0.05, 0) is 50.8 Å². The molecule has 208 valence electrons. The van der Waals surface area contributed by atoms with E-state index >= 15 is 0 Å². The van der Waals surface area contributed by atoms with Gasteiger partial charge >= 0.3 is 24.1 Å². The molecule has 0 aromatic heterocycles. The maximum Gasteiger partial charge on any atom is 0.508 e. The Balaban J connectivity index is 2.91. The second kappa shape index (κ2) is 17.3. The highest BCUT2D eigenvalue weighted by Crippen LogP contribution is 2.30. The van der Waals surface area contributed by atoms with E-state index in [4.69, 9.17) is 24.7 Å². The van der Waals surface area contributed by atoms with Crippen LogP contribution in [0.25, 0.3) is 0 Å². The molecule has 0 saturated heterocycles. The van der Waals surface area contributed by atoms with Crippen LogP contribution in [0.3, 0.4) is 0 Å². The van der Waals surface area contributed by atoms with Crippen LogP contribution < -0.4 is 15.2 Å². The van der Waals surface area contributed by atoms with Gasteiger partial charge in [-0.2, -0.15) is 0 Å². The number of rotatable bonds is 16. The van der Waals surface area contributed by atoms with Gasteiger partial charge in [0.05, 0.1) is 7.11 Å². The van der Waals surface area contributed by atoms with Gasteiger partial charge < -0.3 is 29.4 Å². The molecule has 10 nitrogen and oxygen atoms in total. The molecule has 0 saturated carbocycles. The monoisotopic (exact) mass is 523 g/mol. The highest BCUT2D eigenvalue weighted by atomic mass is 16.7. The van der Waals surface area contributed by atoms with Gasteiger partial charge in [0.25, 0.3) is 0 Å². The van der Waals surface area contributed by atoms with E-state index in [2.05, 4.69) is 4.74 Å². The summed E-state index contributed by atoms with van der Waals surface area (Å²) in [6.07, 6.45) is 3.31. The van der Waals surface area contributed by atoms with Crippen LogP contribution in [-0.2, 0) is 35.0 Å². The third kappa shape index (κ3) is 12.6. The van der Waals surface area contributed by atoms with Crippen LogP contribution in [0.1, 0.15) is 84.6 Å². The van der Waals surface area contributed by atoms with E-state index in [1.54, 1.807) is 19.9 Å². The van der Waals surface area contributed by atoms with Gasteiger partial charge in [-0.1, -0.05) is 45.6 Å². The average Bonchev–Trinajstić information content (AvgIpc) is 2.85. The first-order valence-corrected chi connectivity index (χ1v) is 12.9. The quantitative estimate of drug-likeness (QED) is 0.185. The summed E-state index contributed by atoms with van der Waals surface area (Å²) in [4.78, 5) is 48.3. The first kappa shape index (κ1) is 31.9. The summed E-state index contributed by atoms with van der Waals surface area (Å²) in [5.74, 6) is -1.32. The minimum absolute atomic E-state index is 0.0723. The Morgan fingerprint density at radius 1 is 0.811 bits per heavy atom. The first-order valence-electron chi connectivity index (χ1n) is 12.9. The number of hydrogen-bond donors (Lipinski definition) is 1. The van der Waals surface area contributed by atoms with Crippen molar-refractivity contribution in [3.8, 4) is 11.5 Å². The zero-order valence-corrected chi connectivity index (χ0v) is 22.6. The first-order chi connectivity index (χ1) is 17.6. The fourth-order valence-electron chi connectivity index (χ4n) is 3.23. The molecule has 1 aromatic rings. The predicted octanol–water partition coefficient (Wildman–Crippen LogP) is 4.63. The lowest BCUT2D eigenvalue weighted by Crippen LogP contribution is -2.39. The summed E-state index contributed by atoms with van der Waals surface area (Å²) in [6.45, 7) is 7.20. The van der Waals surface area contributed by atoms with E-state index in [9.17, 15) is 19.2 Å². The van der Waals surface area contributed by atoms with Gasteiger partial charge in [-0.25, -0.2) is 4.79 Å². The Kier molecular flexibility index (Phi) is 14.9. The van der Waals surface area contributed by atoms with Gasteiger partial charge in [0.1, 0.15) is 18.2 Å². The summed E-state index contributed by atoms with van der Waals surface area (Å²) in [5.41, 5.74) is 6.63. The number of ether oxygens (including phenoxy) is 5. The van der Waals surface area contributed by atoms with Crippen molar-refractivity contribution < 1.29 is 42.9 Å². The SMILES string of the molecule is CCCCCC(=O)Oc1ccc(C[C@H](N)C(=O)O[C@@H](C)C(C)OC(=O)OC)cc1OC(=O)CCCCC. The fraction of sp³-hybridized carbons (Fsp3) is 0.630.